The van der Waals surface area contributed by atoms with Gasteiger partial charge in [-0.25, -0.2) is 0 Å². The van der Waals surface area contributed by atoms with Gasteiger partial charge in [-0.2, -0.15) is 0 Å². The summed E-state index contributed by atoms with van der Waals surface area (Å²) in [6.45, 7) is 3.58. The van der Waals surface area contributed by atoms with E-state index in [0.29, 0.717) is 24.1 Å². The number of nitro benzene ring substituents is 1. The highest BCUT2D eigenvalue weighted by Crippen LogP contribution is 2.23. The minimum absolute atomic E-state index is 0.0522. The molecule has 0 aromatic heterocycles. The normalized spacial score (nSPS) is 9.88. The predicted octanol–water partition coefficient (Wildman–Crippen LogP) is 2.51. The van der Waals surface area contributed by atoms with Crippen LogP contribution in [0, 0.1) is 10.1 Å². The lowest BCUT2D eigenvalue weighted by Gasteiger charge is -2.05. The topological polar surface area (TPSA) is 72.2 Å². The predicted molar refractivity (Wildman–Crippen MR) is 61.4 cm³/mol. The molecule has 86 valence electrons. The smallest absolute Gasteiger partial charge is 0.274 e. The number of nitro groups is 1. The van der Waals surface area contributed by atoms with Gasteiger partial charge in [-0.1, -0.05) is 19.9 Å². The fourth-order valence-corrected chi connectivity index (χ4v) is 1.36. The summed E-state index contributed by atoms with van der Waals surface area (Å²) in [7, 11) is 0. The number of rotatable bonds is 4. The number of carbonyl (C=O) groups excluding carboxylic acids is 1. The van der Waals surface area contributed by atoms with Crippen LogP contribution in [0.2, 0.25) is 0 Å². The third-order valence-corrected chi connectivity index (χ3v) is 2.27. The highest BCUT2D eigenvalue weighted by molar-refractivity contribution is 5.90. The molecule has 0 bridgehead atoms. The second kappa shape index (κ2) is 5.25. The summed E-state index contributed by atoms with van der Waals surface area (Å²) in [6, 6.07) is 4.75. The maximum atomic E-state index is 11.1. The van der Waals surface area contributed by atoms with Crippen LogP contribution in [0.3, 0.4) is 0 Å². The first-order chi connectivity index (χ1) is 7.58. The van der Waals surface area contributed by atoms with E-state index in [0.717, 1.165) is 0 Å². The molecule has 5 nitrogen and oxygen atoms in total. The molecule has 0 aliphatic heterocycles. The van der Waals surface area contributed by atoms with E-state index >= 15 is 0 Å². The molecule has 1 N–H and O–H groups in total. The molecule has 0 aliphatic carbocycles. The Kier molecular flexibility index (Phi) is 3.99. The minimum atomic E-state index is -0.430. The third kappa shape index (κ3) is 2.79. The van der Waals surface area contributed by atoms with Crippen molar-refractivity contribution in [1.29, 1.82) is 0 Å². The van der Waals surface area contributed by atoms with Gasteiger partial charge in [0.25, 0.3) is 5.69 Å². The van der Waals surface area contributed by atoms with Gasteiger partial charge in [0.05, 0.1) is 4.92 Å². The second-order valence-corrected chi connectivity index (χ2v) is 3.36. The van der Waals surface area contributed by atoms with Gasteiger partial charge in [0.15, 0.2) is 0 Å². The van der Waals surface area contributed by atoms with Crippen LogP contribution in [0.4, 0.5) is 11.4 Å². The number of nitrogens with one attached hydrogen (secondary N) is 1. The summed E-state index contributed by atoms with van der Waals surface area (Å²) in [6.07, 6.45) is 0.946. The van der Waals surface area contributed by atoms with Gasteiger partial charge in [0.2, 0.25) is 5.91 Å². The van der Waals surface area contributed by atoms with E-state index in [-0.39, 0.29) is 11.6 Å². The van der Waals surface area contributed by atoms with Crippen LogP contribution in [0.5, 0.6) is 0 Å². The molecule has 0 spiro atoms. The van der Waals surface area contributed by atoms with Gasteiger partial charge in [0, 0.05) is 23.7 Å². The van der Waals surface area contributed by atoms with Gasteiger partial charge < -0.3 is 5.32 Å². The molecule has 0 unspecified atom stereocenters. The summed E-state index contributed by atoms with van der Waals surface area (Å²) < 4.78 is 0. The van der Waals surface area contributed by atoms with Crippen LogP contribution in [0.1, 0.15) is 25.8 Å². The van der Waals surface area contributed by atoms with Crippen molar-refractivity contribution in [2.24, 2.45) is 0 Å². The van der Waals surface area contributed by atoms with Gasteiger partial charge in [-0.15, -0.1) is 0 Å². The quantitative estimate of drug-likeness (QED) is 0.628. The van der Waals surface area contributed by atoms with Crippen molar-refractivity contribution in [2.75, 3.05) is 5.32 Å². The van der Waals surface area contributed by atoms with Crippen molar-refractivity contribution in [3.63, 3.8) is 0 Å². The van der Waals surface area contributed by atoms with Crippen LogP contribution in [-0.2, 0) is 11.2 Å². The summed E-state index contributed by atoms with van der Waals surface area (Å²) in [5.41, 5.74) is 1.19. The molecular weight excluding hydrogens is 208 g/mol. The van der Waals surface area contributed by atoms with Gasteiger partial charge >= 0.3 is 0 Å². The van der Waals surface area contributed by atoms with Crippen molar-refractivity contribution < 1.29 is 9.72 Å². The fraction of sp³-hybridized carbons (Fsp3) is 0.364. The molecule has 16 heavy (non-hydrogen) atoms. The molecule has 0 aliphatic rings. The molecule has 0 fully saturated rings. The second-order valence-electron chi connectivity index (χ2n) is 3.36. The number of carbonyl (C=O) groups is 1. The van der Waals surface area contributed by atoms with E-state index in [1.54, 1.807) is 19.1 Å². The average Bonchev–Trinajstić information content (AvgIpc) is 2.28. The molecule has 1 aromatic rings. The first-order valence-corrected chi connectivity index (χ1v) is 5.15. The molecule has 0 atom stereocenters. The Morgan fingerprint density at radius 2 is 2.12 bits per heavy atom. The largest absolute Gasteiger partial charge is 0.326 e. The Morgan fingerprint density at radius 1 is 1.44 bits per heavy atom. The Balaban J connectivity index is 3.02. The number of benzene rings is 1. The number of amides is 1. The SMILES string of the molecule is CCC(=O)Nc1ccc(CC)c([N+](=O)[O-])c1. The molecule has 0 heterocycles. The number of nitrogens with zero attached hydrogens (tertiary/aromatic N) is 1. The lowest BCUT2D eigenvalue weighted by atomic mass is 10.1. The Hall–Kier alpha value is -1.91. The molecule has 1 aromatic carbocycles. The van der Waals surface area contributed by atoms with Gasteiger partial charge in [-0.05, 0) is 12.5 Å². The summed E-state index contributed by atoms with van der Waals surface area (Å²) in [5, 5.41) is 13.4. The highest BCUT2D eigenvalue weighted by atomic mass is 16.6. The first kappa shape index (κ1) is 12.2. The zero-order valence-corrected chi connectivity index (χ0v) is 9.32. The van der Waals surface area contributed by atoms with Crippen molar-refractivity contribution in [3.05, 3.63) is 33.9 Å². The molecule has 0 radical (unpaired) electrons. The summed E-state index contributed by atoms with van der Waals surface area (Å²) in [5.74, 6) is -0.154. The number of hydrogen-bond donors (Lipinski definition) is 1. The zero-order chi connectivity index (χ0) is 12.1. The molecule has 1 rings (SSSR count). The number of hydrogen-bond acceptors (Lipinski definition) is 3. The van der Waals surface area contributed by atoms with Crippen LogP contribution in [0.25, 0.3) is 0 Å². The van der Waals surface area contributed by atoms with Crippen LogP contribution in [0.15, 0.2) is 18.2 Å². The standard InChI is InChI=1S/C11H14N2O3/c1-3-8-5-6-9(12-11(14)4-2)7-10(8)13(15)16/h5-7H,3-4H2,1-2H3,(H,12,14). The fourth-order valence-electron chi connectivity index (χ4n) is 1.36. The zero-order valence-electron chi connectivity index (χ0n) is 9.32. The number of anilines is 1. The Morgan fingerprint density at radius 3 is 2.62 bits per heavy atom. The molecule has 1 amide bonds. The average molecular weight is 222 g/mol. The molecule has 0 saturated carbocycles. The van der Waals surface area contributed by atoms with Crippen LogP contribution < -0.4 is 5.32 Å². The number of aryl methyl sites for hydroxylation is 1. The molecular formula is C11H14N2O3. The minimum Gasteiger partial charge on any atom is -0.326 e. The lowest BCUT2D eigenvalue weighted by molar-refractivity contribution is -0.385. The van der Waals surface area contributed by atoms with Crippen molar-refractivity contribution >= 4 is 17.3 Å². The van der Waals surface area contributed by atoms with E-state index in [4.69, 9.17) is 0 Å². The van der Waals surface area contributed by atoms with E-state index < -0.39 is 4.92 Å². The maximum Gasteiger partial charge on any atom is 0.274 e. The van der Waals surface area contributed by atoms with Crippen molar-refractivity contribution in [3.8, 4) is 0 Å². The monoisotopic (exact) mass is 222 g/mol. The van der Waals surface area contributed by atoms with E-state index in [1.807, 2.05) is 6.92 Å². The summed E-state index contributed by atoms with van der Waals surface area (Å²) >= 11 is 0. The van der Waals surface area contributed by atoms with Crippen molar-refractivity contribution in [2.45, 2.75) is 26.7 Å². The van der Waals surface area contributed by atoms with Crippen molar-refractivity contribution in [1.82, 2.24) is 0 Å². The third-order valence-electron chi connectivity index (χ3n) is 2.27. The molecule has 5 heteroatoms. The van der Waals surface area contributed by atoms with Gasteiger partial charge in [0.1, 0.15) is 0 Å². The summed E-state index contributed by atoms with van der Waals surface area (Å²) in [4.78, 5) is 21.5. The maximum absolute atomic E-state index is 11.1. The molecule has 0 saturated heterocycles. The van der Waals surface area contributed by atoms with Crippen LogP contribution in [-0.4, -0.2) is 10.8 Å². The van der Waals surface area contributed by atoms with Crippen LogP contribution >= 0.6 is 0 Å². The first-order valence-electron chi connectivity index (χ1n) is 5.15. The Labute approximate surface area is 93.6 Å². The highest BCUT2D eigenvalue weighted by Gasteiger charge is 2.13. The van der Waals surface area contributed by atoms with Gasteiger partial charge in [-0.3, -0.25) is 14.9 Å². The van der Waals surface area contributed by atoms with E-state index in [9.17, 15) is 14.9 Å². The lowest BCUT2D eigenvalue weighted by Crippen LogP contribution is -2.09. The van der Waals surface area contributed by atoms with E-state index in [2.05, 4.69) is 5.32 Å². The van der Waals surface area contributed by atoms with E-state index in [1.165, 1.54) is 6.07 Å². The Bertz CT molecular complexity index is 416.